The van der Waals surface area contributed by atoms with E-state index < -0.39 is 0 Å². The van der Waals surface area contributed by atoms with Gasteiger partial charge in [-0.05, 0) is 73.8 Å². The summed E-state index contributed by atoms with van der Waals surface area (Å²) in [7, 11) is 0. The van der Waals surface area contributed by atoms with E-state index in [1.807, 2.05) is 12.1 Å². The number of benzene rings is 1. The Labute approximate surface area is 167 Å². The zero-order chi connectivity index (χ0) is 19.3. The van der Waals surface area contributed by atoms with E-state index in [9.17, 15) is 4.79 Å². The van der Waals surface area contributed by atoms with Crippen molar-refractivity contribution in [2.75, 3.05) is 13.1 Å². The lowest BCUT2D eigenvalue weighted by molar-refractivity contribution is -0.135. The number of hydrazine groups is 1. The van der Waals surface area contributed by atoms with Gasteiger partial charge in [-0.25, -0.2) is 10.9 Å². The van der Waals surface area contributed by atoms with Crippen LogP contribution in [-0.4, -0.2) is 34.9 Å². The Morgan fingerprint density at radius 3 is 2.82 bits per heavy atom. The number of likely N-dealkylation sites (tertiary alicyclic amines) is 1. The number of carbonyl (C=O) groups excluding carboxylic acids is 1. The molecule has 28 heavy (non-hydrogen) atoms. The summed E-state index contributed by atoms with van der Waals surface area (Å²) in [5, 5.41) is 0. The Morgan fingerprint density at radius 1 is 1.18 bits per heavy atom. The quantitative estimate of drug-likeness (QED) is 0.839. The van der Waals surface area contributed by atoms with Crippen LogP contribution in [0.15, 0.2) is 48.8 Å². The van der Waals surface area contributed by atoms with E-state index >= 15 is 0 Å². The molecule has 0 radical (unpaired) electrons. The maximum Gasteiger partial charge on any atom is 0.241 e. The maximum atomic E-state index is 13.1. The molecule has 0 bridgehead atoms. The number of hydrogen-bond acceptors (Lipinski definition) is 4. The molecule has 2 saturated heterocycles. The molecule has 3 unspecified atom stereocenters. The zero-order valence-electron chi connectivity index (χ0n) is 16.6. The molecular formula is C23H30N4O. The van der Waals surface area contributed by atoms with Crippen LogP contribution in [-0.2, 0) is 11.2 Å². The molecule has 148 valence electrons. The van der Waals surface area contributed by atoms with Crippen molar-refractivity contribution in [1.29, 1.82) is 0 Å². The van der Waals surface area contributed by atoms with Crippen molar-refractivity contribution in [3.05, 3.63) is 65.5 Å². The second-order valence-electron chi connectivity index (χ2n) is 8.17. The van der Waals surface area contributed by atoms with Crippen molar-refractivity contribution >= 4 is 5.91 Å². The summed E-state index contributed by atoms with van der Waals surface area (Å²) < 4.78 is 0. The predicted octanol–water partition coefficient (Wildman–Crippen LogP) is 3.17. The predicted molar refractivity (Wildman–Crippen MR) is 110 cm³/mol. The lowest BCUT2D eigenvalue weighted by Crippen LogP contribution is -2.49. The average Bonchev–Trinajstić information content (AvgIpc) is 3.24. The SMILES string of the molecule is Cc1ccccc1CCC1CCCN(C(=O)C2CC(c3ccncc3)NN2)C1. The summed E-state index contributed by atoms with van der Waals surface area (Å²) in [4.78, 5) is 19.2. The van der Waals surface area contributed by atoms with E-state index in [0.717, 1.165) is 38.8 Å². The minimum absolute atomic E-state index is 0.145. The van der Waals surface area contributed by atoms with E-state index in [1.54, 1.807) is 12.4 Å². The van der Waals surface area contributed by atoms with Crippen LogP contribution in [0.4, 0.5) is 0 Å². The Bertz CT molecular complexity index is 794. The van der Waals surface area contributed by atoms with Gasteiger partial charge in [0.1, 0.15) is 6.04 Å². The molecule has 2 N–H and O–H groups in total. The lowest BCUT2D eigenvalue weighted by atomic mass is 9.90. The van der Waals surface area contributed by atoms with Gasteiger partial charge >= 0.3 is 0 Å². The van der Waals surface area contributed by atoms with Gasteiger partial charge in [0.05, 0.1) is 0 Å². The van der Waals surface area contributed by atoms with Crippen LogP contribution in [0.25, 0.3) is 0 Å². The molecule has 2 aromatic rings. The molecule has 3 atom stereocenters. The van der Waals surface area contributed by atoms with Gasteiger partial charge in [-0.1, -0.05) is 24.3 Å². The third kappa shape index (κ3) is 4.42. The first-order valence-corrected chi connectivity index (χ1v) is 10.4. The van der Waals surface area contributed by atoms with Crippen molar-refractivity contribution in [2.24, 2.45) is 5.92 Å². The third-order valence-corrected chi connectivity index (χ3v) is 6.22. The molecule has 2 aliphatic rings. The fourth-order valence-corrected chi connectivity index (χ4v) is 4.50. The largest absolute Gasteiger partial charge is 0.341 e. The second kappa shape index (κ2) is 8.84. The number of piperidine rings is 1. The maximum absolute atomic E-state index is 13.1. The number of pyridine rings is 1. The molecule has 0 aliphatic carbocycles. The van der Waals surface area contributed by atoms with E-state index in [2.05, 4.69) is 51.9 Å². The first kappa shape index (κ1) is 19.1. The number of aromatic nitrogens is 1. The summed E-state index contributed by atoms with van der Waals surface area (Å²) >= 11 is 0. The zero-order valence-corrected chi connectivity index (χ0v) is 16.6. The van der Waals surface area contributed by atoms with Crippen molar-refractivity contribution in [3.63, 3.8) is 0 Å². The van der Waals surface area contributed by atoms with Gasteiger partial charge in [0, 0.05) is 31.5 Å². The molecule has 5 heteroatoms. The summed E-state index contributed by atoms with van der Waals surface area (Å²) in [6.07, 6.45) is 8.99. The summed E-state index contributed by atoms with van der Waals surface area (Å²) in [6.45, 7) is 3.96. The molecule has 4 rings (SSSR count). The first-order chi connectivity index (χ1) is 13.7. The van der Waals surface area contributed by atoms with Gasteiger partial charge < -0.3 is 4.90 Å². The topological polar surface area (TPSA) is 57.3 Å². The highest BCUT2D eigenvalue weighted by Crippen LogP contribution is 2.26. The Balaban J connectivity index is 1.30. The fraction of sp³-hybridized carbons (Fsp3) is 0.478. The number of nitrogens with one attached hydrogen (secondary N) is 2. The number of nitrogens with zero attached hydrogens (tertiary/aromatic N) is 2. The normalized spacial score (nSPS) is 25.0. The molecule has 1 aromatic carbocycles. The standard InChI is InChI=1S/C23H30N4O/c1-17-5-2-3-7-19(17)9-8-18-6-4-14-27(16-18)23(28)22-15-21(25-26-22)20-10-12-24-13-11-20/h2-3,5,7,10-13,18,21-22,25-26H,4,6,8-9,14-16H2,1H3. The highest BCUT2D eigenvalue weighted by molar-refractivity contribution is 5.82. The molecule has 2 aliphatic heterocycles. The summed E-state index contributed by atoms with van der Waals surface area (Å²) in [6, 6.07) is 12.7. The van der Waals surface area contributed by atoms with E-state index in [4.69, 9.17) is 0 Å². The van der Waals surface area contributed by atoms with Crippen LogP contribution in [0.1, 0.15) is 48.4 Å². The van der Waals surface area contributed by atoms with Gasteiger partial charge in [-0.3, -0.25) is 9.78 Å². The molecule has 1 aromatic heterocycles. The van der Waals surface area contributed by atoms with Crippen LogP contribution in [0, 0.1) is 12.8 Å². The smallest absolute Gasteiger partial charge is 0.241 e. The third-order valence-electron chi connectivity index (χ3n) is 6.22. The van der Waals surface area contributed by atoms with Gasteiger partial charge in [-0.2, -0.15) is 0 Å². The van der Waals surface area contributed by atoms with Crippen molar-refractivity contribution in [1.82, 2.24) is 20.7 Å². The Morgan fingerprint density at radius 2 is 2.00 bits per heavy atom. The van der Waals surface area contributed by atoms with Crippen LogP contribution < -0.4 is 10.9 Å². The van der Waals surface area contributed by atoms with E-state index in [-0.39, 0.29) is 18.0 Å². The second-order valence-corrected chi connectivity index (χ2v) is 8.17. The number of hydrogen-bond donors (Lipinski definition) is 2. The van der Waals surface area contributed by atoms with Crippen LogP contribution in [0.2, 0.25) is 0 Å². The molecule has 2 fully saturated rings. The lowest BCUT2D eigenvalue weighted by Gasteiger charge is -2.34. The summed E-state index contributed by atoms with van der Waals surface area (Å²) in [5.74, 6) is 0.840. The minimum atomic E-state index is -0.145. The van der Waals surface area contributed by atoms with Gasteiger partial charge in [0.25, 0.3) is 0 Å². The average molecular weight is 379 g/mol. The Kier molecular flexibility index (Phi) is 6.03. The molecule has 3 heterocycles. The molecule has 5 nitrogen and oxygen atoms in total. The molecule has 1 amide bonds. The van der Waals surface area contributed by atoms with Gasteiger partial charge in [0.2, 0.25) is 5.91 Å². The Hall–Kier alpha value is -2.24. The monoisotopic (exact) mass is 378 g/mol. The van der Waals surface area contributed by atoms with Crippen LogP contribution in [0.5, 0.6) is 0 Å². The van der Waals surface area contributed by atoms with Crippen LogP contribution in [0.3, 0.4) is 0 Å². The minimum Gasteiger partial charge on any atom is -0.341 e. The number of carbonyl (C=O) groups is 1. The number of aryl methyl sites for hydroxylation is 2. The van der Waals surface area contributed by atoms with E-state index in [0.29, 0.717) is 5.92 Å². The number of rotatable bonds is 5. The van der Waals surface area contributed by atoms with Gasteiger partial charge in [-0.15, -0.1) is 0 Å². The first-order valence-electron chi connectivity index (χ1n) is 10.4. The van der Waals surface area contributed by atoms with Crippen molar-refractivity contribution < 1.29 is 4.79 Å². The highest BCUT2D eigenvalue weighted by Gasteiger charge is 2.34. The van der Waals surface area contributed by atoms with Crippen molar-refractivity contribution in [2.45, 2.75) is 51.1 Å². The fourth-order valence-electron chi connectivity index (χ4n) is 4.50. The highest BCUT2D eigenvalue weighted by atomic mass is 16.2. The van der Waals surface area contributed by atoms with Crippen molar-refractivity contribution in [3.8, 4) is 0 Å². The van der Waals surface area contributed by atoms with Crippen LogP contribution >= 0.6 is 0 Å². The molecule has 0 spiro atoms. The summed E-state index contributed by atoms with van der Waals surface area (Å²) in [5.41, 5.74) is 10.5. The van der Waals surface area contributed by atoms with Gasteiger partial charge in [0.15, 0.2) is 0 Å². The van der Waals surface area contributed by atoms with E-state index in [1.165, 1.54) is 23.1 Å². The number of amides is 1. The molecular weight excluding hydrogens is 348 g/mol. The molecule has 0 saturated carbocycles.